The first kappa shape index (κ1) is 13.0. The van der Waals surface area contributed by atoms with Gasteiger partial charge in [-0.05, 0) is 19.4 Å². The third-order valence-corrected chi connectivity index (χ3v) is 2.68. The SMILES string of the molecule is CCOc1nc2ccc([N+](=O)[O-])c(CC)c2c(=O)o1. The molecule has 0 saturated heterocycles. The summed E-state index contributed by atoms with van der Waals surface area (Å²) in [6.45, 7) is 3.78. The molecule has 0 aliphatic heterocycles. The molecule has 100 valence electrons. The molecule has 2 rings (SSSR count). The number of hydrogen-bond donors (Lipinski definition) is 0. The average molecular weight is 264 g/mol. The topological polar surface area (TPSA) is 95.5 Å². The third kappa shape index (κ3) is 2.26. The van der Waals surface area contributed by atoms with Crippen molar-refractivity contribution in [3.8, 4) is 6.08 Å². The molecule has 0 unspecified atom stereocenters. The van der Waals surface area contributed by atoms with E-state index in [-0.39, 0.29) is 17.2 Å². The summed E-state index contributed by atoms with van der Waals surface area (Å²) in [5, 5.41) is 11.1. The van der Waals surface area contributed by atoms with Gasteiger partial charge < -0.3 is 9.15 Å². The van der Waals surface area contributed by atoms with E-state index in [1.165, 1.54) is 12.1 Å². The minimum atomic E-state index is -0.672. The maximum Gasteiger partial charge on any atom is 0.397 e. The van der Waals surface area contributed by atoms with Crippen molar-refractivity contribution in [2.24, 2.45) is 0 Å². The summed E-state index contributed by atoms with van der Waals surface area (Å²) in [6, 6.07) is 2.76. The zero-order valence-corrected chi connectivity index (χ0v) is 10.5. The number of aryl methyl sites for hydroxylation is 1. The first-order chi connectivity index (χ1) is 9.08. The highest BCUT2D eigenvalue weighted by Crippen LogP contribution is 2.26. The van der Waals surface area contributed by atoms with E-state index in [1.54, 1.807) is 13.8 Å². The van der Waals surface area contributed by atoms with E-state index in [0.717, 1.165) is 0 Å². The second-order valence-electron chi connectivity index (χ2n) is 3.77. The molecule has 7 nitrogen and oxygen atoms in total. The monoisotopic (exact) mass is 264 g/mol. The van der Waals surface area contributed by atoms with Crippen LogP contribution in [0.2, 0.25) is 0 Å². The van der Waals surface area contributed by atoms with Crippen molar-refractivity contribution in [1.29, 1.82) is 0 Å². The molecule has 0 radical (unpaired) electrons. The molecule has 0 atom stereocenters. The van der Waals surface area contributed by atoms with Crippen LogP contribution in [-0.2, 0) is 6.42 Å². The number of nitro benzene ring substituents is 1. The van der Waals surface area contributed by atoms with Crippen molar-refractivity contribution in [2.45, 2.75) is 20.3 Å². The quantitative estimate of drug-likeness (QED) is 0.619. The highest BCUT2D eigenvalue weighted by molar-refractivity contribution is 5.84. The third-order valence-electron chi connectivity index (χ3n) is 2.68. The Bertz CT molecular complexity index is 692. The highest BCUT2D eigenvalue weighted by Gasteiger charge is 2.20. The largest absolute Gasteiger partial charge is 0.450 e. The van der Waals surface area contributed by atoms with E-state index in [0.29, 0.717) is 24.1 Å². The van der Waals surface area contributed by atoms with Gasteiger partial charge in [-0.3, -0.25) is 10.1 Å². The summed E-state index contributed by atoms with van der Waals surface area (Å²) in [5.41, 5.74) is -0.115. The lowest BCUT2D eigenvalue weighted by atomic mass is 10.1. The smallest absolute Gasteiger partial charge is 0.397 e. The van der Waals surface area contributed by atoms with Gasteiger partial charge in [-0.1, -0.05) is 6.92 Å². The second-order valence-corrected chi connectivity index (χ2v) is 3.77. The molecule has 0 fully saturated rings. The molecule has 0 bridgehead atoms. The maximum absolute atomic E-state index is 11.9. The maximum atomic E-state index is 11.9. The molecule has 1 heterocycles. The molecule has 2 aromatic rings. The molecule has 0 saturated carbocycles. The molecule has 0 amide bonds. The second kappa shape index (κ2) is 5.05. The zero-order chi connectivity index (χ0) is 14.0. The number of aromatic nitrogens is 1. The fourth-order valence-electron chi connectivity index (χ4n) is 1.91. The lowest BCUT2D eigenvalue weighted by molar-refractivity contribution is -0.385. The van der Waals surface area contributed by atoms with Crippen molar-refractivity contribution in [1.82, 2.24) is 4.98 Å². The van der Waals surface area contributed by atoms with Crippen LogP contribution in [0.15, 0.2) is 21.3 Å². The van der Waals surface area contributed by atoms with Crippen LogP contribution in [0.3, 0.4) is 0 Å². The summed E-state index contributed by atoms with van der Waals surface area (Å²) >= 11 is 0. The Labute approximate surface area is 108 Å². The van der Waals surface area contributed by atoms with Crippen molar-refractivity contribution < 1.29 is 14.1 Å². The van der Waals surface area contributed by atoms with Gasteiger partial charge in [0, 0.05) is 11.6 Å². The summed E-state index contributed by atoms with van der Waals surface area (Å²) in [6.07, 6.45) is 0.213. The van der Waals surface area contributed by atoms with Gasteiger partial charge in [-0.2, -0.15) is 4.98 Å². The lowest BCUT2D eigenvalue weighted by Crippen LogP contribution is -2.08. The number of nitrogens with zero attached hydrogens (tertiary/aromatic N) is 2. The van der Waals surface area contributed by atoms with Crippen molar-refractivity contribution in [3.05, 3.63) is 38.2 Å². The van der Waals surface area contributed by atoms with E-state index in [9.17, 15) is 14.9 Å². The van der Waals surface area contributed by atoms with Crippen LogP contribution in [0.4, 0.5) is 5.69 Å². The number of nitro groups is 1. The molecule has 0 N–H and O–H groups in total. The predicted octanol–water partition coefficient (Wildman–Crippen LogP) is 2.06. The molecule has 1 aromatic heterocycles. The molecule has 0 spiro atoms. The van der Waals surface area contributed by atoms with Gasteiger partial charge in [0.1, 0.15) is 0 Å². The van der Waals surface area contributed by atoms with Crippen LogP contribution < -0.4 is 10.4 Å². The van der Waals surface area contributed by atoms with E-state index in [2.05, 4.69) is 4.98 Å². The fraction of sp³-hybridized carbons (Fsp3) is 0.333. The normalized spacial score (nSPS) is 10.6. The van der Waals surface area contributed by atoms with E-state index in [1.807, 2.05) is 0 Å². The summed E-state index contributed by atoms with van der Waals surface area (Å²) < 4.78 is 9.93. The summed E-state index contributed by atoms with van der Waals surface area (Å²) in [4.78, 5) is 26.4. The average Bonchev–Trinajstić information content (AvgIpc) is 2.37. The Balaban J connectivity index is 2.79. The molecular formula is C12H12N2O5. The van der Waals surface area contributed by atoms with Crippen molar-refractivity contribution in [2.75, 3.05) is 6.61 Å². The molecule has 0 aliphatic carbocycles. The van der Waals surface area contributed by atoms with Crippen molar-refractivity contribution in [3.63, 3.8) is 0 Å². The Morgan fingerprint density at radius 1 is 1.42 bits per heavy atom. The van der Waals surface area contributed by atoms with Crippen LogP contribution in [0.5, 0.6) is 6.08 Å². The predicted molar refractivity (Wildman–Crippen MR) is 67.5 cm³/mol. The first-order valence-electron chi connectivity index (χ1n) is 5.82. The number of benzene rings is 1. The lowest BCUT2D eigenvalue weighted by Gasteiger charge is -2.05. The standard InChI is InChI=1S/C12H12N2O5/c1-3-7-9(14(16)17)6-5-8-10(7)11(15)19-12(13-8)18-4-2/h5-6H,3-4H2,1-2H3. The summed E-state index contributed by atoms with van der Waals surface area (Å²) in [5.74, 6) is 0. The summed E-state index contributed by atoms with van der Waals surface area (Å²) in [7, 11) is 0. The fourth-order valence-corrected chi connectivity index (χ4v) is 1.91. The van der Waals surface area contributed by atoms with Gasteiger partial charge in [0.25, 0.3) is 5.69 Å². The Morgan fingerprint density at radius 2 is 2.16 bits per heavy atom. The van der Waals surface area contributed by atoms with E-state index >= 15 is 0 Å². The van der Waals surface area contributed by atoms with Crippen LogP contribution in [-0.4, -0.2) is 16.5 Å². The number of fused-ring (bicyclic) bond motifs is 1. The number of rotatable bonds is 4. The zero-order valence-electron chi connectivity index (χ0n) is 10.5. The highest BCUT2D eigenvalue weighted by atomic mass is 16.6. The molecule has 0 aliphatic rings. The van der Waals surface area contributed by atoms with Gasteiger partial charge in [0.05, 0.1) is 22.4 Å². The van der Waals surface area contributed by atoms with Crippen LogP contribution in [0, 0.1) is 10.1 Å². The minimum Gasteiger partial charge on any atom is -0.450 e. The van der Waals surface area contributed by atoms with E-state index < -0.39 is 10.5 Å². The van der Waals surface area contributed by atoms with Gasteiger partial charge >= 0.3 is 11.7 Å². The van der Waals surface area contributed by atoms with Gasteiger partial charge in [-0.15, -0.1) is 0 Å². The first-order valence-corrected chi connectivity index (χ1v) is 5.82. The van der Waals surface area contributed by atoms with Crippen LogP contribution >= 0.6 is 0 Å². The molecule has 19 heavy (non-hydrogen) atoms. The van der Waals surface area contributed by atoms with Gasteiger partial charge in [-0.25, -0.2) is 4.79 Å². The van der Waals surface area contributed by atoms with Gasteiger partial charge in [0.2, 0.25) is 0 Å². The van der Waals surface area contributed by atoms with E-state index in [4.69, 9.17) is 9.15 Å². The van der Waals surface area contributed by atoms with Crippen molar-refractivity contribution >= 4 is 16.6 Å². The van der Waals surface area contributed by atoms with Crippen LogP contribution in [0.25, 0.3) is 10.9 Å². The Morgan fingerprint density at radius 3 is 2.74 bits per heavy atom. The molecule has 7 heteroatoms. The Hall–Kier alpha value is -2.44. The van der Waals surface area contributed by atoms with Gasteiger partial charge in [0.15, 0.2) is 0 Å². The Kier molecular flexibility index (Phi) is 3.46. The van der Waals surface area contributed by atoms with Crippen LogP contribution in [0.1, 0.15) is 19.4 Å². The number of hydrogen-bond acceptors (Lipinski definition) is 6. The molecular weight excluding hydrogens is 252 g/mol. The minimum absolute atomic E-state index is 0.103. The number of ether oxygens (including phenoxy) is 1. The molecule has 1 aromatic carbocycles.